The van der Waals surface area contributed by atoms with E-state index in [0.717, 1.165) is 11.8 Å². The van der Waals surface area contributed by atoms with E-state index >= 15 is 0 Å². The number of nitrogens with one attached hydrogen (secondary N) is 1. The van der Waals surface area contributed by atoms with Crippen molar-refractivity contribution in [2.24, 2.45) is 0 Å². The van der Waals surface area contributed by atoms with Gasteiger partial charge in [-0.05, 0) is 23.1 Å². The predicted octanol–water partition coefficient (Wildman–Crippen LogP) is 3.08. The largest absolute Gasteiger partial charge is 0.379 e. The Kier molecular flexibility index (Phi) is 5.75. The minimum absolute atomic E-state index is 0.341. The second-order valence-corrected chi connectivity index (χ2v) is 8.41. The van der Waals surface area contributed by atoms with Crippen LogP contribution in [0.25, 0.3) is 0 Å². The monoisotopic (exact) mass is 381 g/mol. The lowest BCUT2D eigenvalue weighted by molar-refractivity contribution is 0.0455. The van der Waals surface area contributed by atoms with Gasteiger partial charge in [0.15, 0.2) is 0 Å². The molecule has 0 aliphatic heterocycles. The van der Waals surface area contributed by atoms with E-state index in [1.807, 2.05) is 91.0 Å². The van der Waals surface area contributed by atoms with Crippen LogP contribution in [0.15, 0.2) is 91.0 Å². The first-order chi connectivity index (χ1) is 12.9. The molecule has 27 heavy (non-hydrogen) atoms. The Morgan fingerprint density at radius 2 is 1.22 bits per heavy atom. The van der Waals surface area contributed by atoms with Crippen LogP contribution in [0, 0.1) is 0 Å². The van der Waals surface area contributed by atoms with Crippen LogP contribution in [0.4, 0.5) is 0 Å². The summed E-state index contributed by atoms with van der Waals surface area (Å²) in [7, 11) is -3.55. The normalized spacial score (nSPS) is 13.3. The molecule has 0 amide bonds. The van der Waals surface area contributed by atoms with Crippen molar-refractivity contribution in [3.8, 4) is 0 Å². The zero-order valence-corrected chi connectivity index (χ0v) is 15.9. The Labute approximate surface area is 160 Å². The Morgan fingerprint density at radius 1 is 0.815 bits per heavy atom. The number of aliphatic hydroxyl groups is 1. The molecule has 0 saturated carbocycles. The second-order valence-electron chi connectivity index (χ2n) is 6.63. The molecule has 140 valence electrons. The molecule has 0 saturated heterocycles. The zero-order valence-electron chi connectivity index (χ0n) is 15.1. The van der Waals surface area contributed by atoms with Gasteiger partial charge in [-0.3, -0.25) is 0 Å². The maximum absolute atomic E-state index is 12.1. The minimum Gasteiger partial charge on any atom is -0.379 e. The van der Waals surface area contributed by atoms with Gasteiger partial charge in [0, 0.05) is 0 Å². The summed E-state index contributed by atoms with van der Waals surface area (Å²) in [6.45, 7) is 0. The number of rotatable bonds is 7. The van der Waals surface area contributed by atoms with E-state index in [-0.39, 0.29) is 0 Å². The van der Waals surface area contributed by atoms with Gasteiger partial charge in [0.1, 0.15) is 5.60 Å². The van der Waals surface area contributed by atoms with Gasteiger partial charge in [-0.1, -0.05) is 91.0 Å². The van der Waals surface area contributed by atoms with Gasteiger partial charge >= 0.3 is 0 Å². The van der Waals surface area contributed by atoms with Crippen molar-refractivity contribution in [2.45, 2.75) is 18.1 Å². The molecule has 0 aromatic heterocycles. The summed E-state index contributed by atoms with van der Waals surface area (Å²) in [5.41, 5.74) is 0.673. The quantitative estimate of drug-likeness (QED) is 0.661. The minimum atomic E-state index is -3.55. The average molecular weight is 381 g/mol. The van der Waals surface area contributed by atoms with Gasteiger partial charge in [0.25, 0.3) is 0 Å². The Hall–Kier alpha value is -2.47. The molecule has 0 aliphatic rings. The molecular formula is C22H23NO3S. The van der Waals surface area contributed by atoms with E-state index in [9.17, 15) is 13.5 Å². The van der Waals surface area contributed by atoms with Crippen molar-refractivity contribution in [3.63, 3.8) is 0 Å². The van der Waals surface area contributed by atoms with Crippen LogP contribution in [0.5, 0.6) is 0 Å². The second kappa shape index (κ2) is 8.05. The van der Waals surface area contributed by atoms with E-state index in [1.165, 1.54) is 0 Å². The molecule has 0 spiro atoms. The van der Waals surface area contributed by atoms with Crippen LogP contribution in [-0.2, 0) is 22.0 Å². The van der Waals surface area contributed by atoms with E-state index in [4.69, 9.17) is 0 Å². The Bertz CT molecular complexity index is 919. The topological polar surface area (TPSA) is 66.4 Å². The van der Waals surface area contributed by atoms with Crippen LogP contribution in [0.3, 0.4) is 0 Å². The average Bonchev–Trinajstić information content (AvgIpc) is 2.68. The summed E-state index contributed by atoms with van der Waals surface area (Å²) in [5, 5.41) is 11.9. The molecule has 0 aliphatic carbocycles. The molecule has 0 unspecified atom stereocenters. The number of sulfonamides is 1. The van der Waals surface area contributed by atoms with E-state index in [2.05, 4.69) is 4.72 Å². The first-order valence-electron chi connectivity index (χ1n) is 8.74. The summed E-state index contributed by atoms with van der Waals surface area (Å²) in [4.78, 5) is 0. The van der Waals surface area contributed by atoms with Crippen molar-refractivity contribution in [1.29, 1.82) is 0 Å². The van der Waals surface area contributed by atoms with Crippen LogP contribution in [0.2, 0.25) is 0 Å². The molecule has 3 aromatic rings. The van der Waals surface area contributed by atoms with Gasteiger partial charge in [0.2, 0.25) is 10.0 Å². The molecule has 0 fully saturated rings. The third-order valence-corrected chi connectivity index (χ3v) is 5.28. The van der Waals surface area contributed by atoms with Gasteiger partial charge in [-0.25, -0.2) is 13.1 Å². The lowest BCUT2D eigenvalue weighted by Crippen LogP contribution is -2.52. The van der Waals surface area contributed by atoms with Crippen LogP contribution in [0.1, 0.15) is 16.7 Å². The first kappa shape index (κ1) is 19.3. The molecule has 3 aromatic carbocycles. The fraction of sp³-hybridized carbons (Fsp3) is 0.182. The van der Waals surface area contributed by atoms with Crippen molar-refractivity contribution in [3.05, 3.63) is 108 Å². The lowest BCUT2D eigenvalue weighted by atomic mass is 9.78. The molecule has 2 N–H and O–H groups in total. The van der Waals surface area contributed by atoms with Crippen molar-refractivity contribution in [1.82, 2.24) is 4.72 Å². The molecule has 4 nitrogen and oxygen atoms in total. The molecule has 5 heteroatoms. The van der Waals surface area contributed by atoms with Crippen LogP contribution >= 0.6 is 0 Å². The number of hydrogen-bond acceptors (Lipinski definition) is 3. The predicted molar refractivity (Wildman–Crippen MR) is 108 cm³/mol. The SMILES string of the molecule is CS(=O)(=O)N[C@@H](Cc1ccccc1)C(O)(c1ccccc1)c1ccccc1. The fourth-order valence-corrected chi connectivity index (χ4v) is 4.11. The standard InChI is InChI=1S/C22H23NO3S/c1-27(25,26)23-21(17-18-11-5-2-6-12-18)22(24,19-13-7-3-8-14-19)20-15-9-4-10-16-20/h2-16,21,23-24H,17H2,1H3/t21-/m0/s1. The third kappa shape index (κ3) is 4.63. The van der Waals surface area contributed by atoms with Gasteiger partial charge in [0.05, 0.1) is 12.3 Å². The van der Waals surface area contributed by atoms with E-state index < -0.39 is 21.7 Å². The third-order valence-electron chi connectivity index (χ3n) is 4.57. The van der Waals surface area contributed by atoms with Gasteiger partial charge in [-0.2, -0.15) is 0 Å². The highest BCUT2D eigenvalue weighted by Gasteiger charge is 2.41. The van der Waals surface area contributed by atoms with Gasteiger partial charge in [-0.15, -0.1) is 0 Å². The highest BCUT2D eigenvalue weighted by molar-refractivity contribution is 7.88. The Morgan fingerprint density at radius 3 is 1.63 bits per heavy atom. The van der Waals surface area contributed by atoms with Crippen LogP contribution in [-0.4, -0.2) is 25.8 Å². The highest BCUT2D eigenvalue weighted by Crippen LogP contribution is 2.35. The van der Waals surface area contributed by atoms with Crippen LogP contribution < -0.4 is 4.72 Å². The zero-order chi connectivity index (χ0) is 19.3. The molecule has 0 radical (unpaired) electrons. The summed E-state index contributed by atoms with van der Waals surface area (Å²) >= 11 is 0. The first-order valence-corrected chi connectivity index (χ1v) is 10.6. The number of hydrogen-bond donors (Lipinski definition) is 2. The summed E-state index contributed by atoms with van der Waals surface area (Å²) in [5.74, 6) is 0. The number of benzene rings is 3. The molecular weight excluding hydrogens is 358 g/mol. The molecule has 0 heterocycles. The van der Waals surface area contributed by atoms with E-state index in [1.54, 1.807) is 0 Å². The molecule has 3 rings (SSSR count). The maximum atomic E-state index is 12.1. The highest BCUT2D eigenvalue weighted by atomic mass is 32.2. The van der Waals surface area contributed by atoms with Crippen molar-refractivity contribution >= 4 is 10.0 Å². The van der Waals surface area contributed by atoms with Crippen molar-refractivity contribution in [2.75, 3.05) is 6.26 Å². The molecule has 1 atom stereocenters. The van der Waals surface area contributed by atoms with E-state index in [0.29, 0.717) is 17.5 Å². The summed E-state index contributed by atoms with van der Waals surface area (Å²) < 4.78 is 26.9. The smallest absolute Gasteiger partial charge is 0.209 e. The Balaban J connectivity index is 2.15. The summed E-state index contributed by atoms with van der Waals surface area (Å²) in [6.07, 6.45) is 1.45. The maximum Gasteiger partial charge on any atom is 0.209 e. The van der Waals surface area contributed by atoms with Crippen molar-refractivity contribution < 1.29 is 13.5 Å². The van der Waals surface area contributed by atoms with Gasteiger partial charge < -0.3 is 5.11 Å². The summed E-state index contributed by atoms with van der Waals surface area (Å²) in [6, 6.07) is 27.1. The molecule has 0 bridgehead atoms. The fourth-order valence-electron chi connectivity index (χ4n) is 3.34. The lowest BCUT2D eigenvalue weighted by Gasteiger charge is -2.37.